The molecule has 0 amide bonds. The van der Waals surface area contributed by atoms with E-state index in [-0.39, 0.29) is 12.3 Å². The molecule has 0 bridgehead atoms. The second kappa shape index (κ2) is 12.8. The van der Waals surface area contributed by atoms with Crippen LogP contribution < -0.4 is 0 Å². The zero-order valence-corrected chi connectivity index (χ0v) is 22.6. The average molecular weight is 528 g/mol. The molecular weight excluding hydrogens is 490 g/mol. The summed E-state index contributed by atoms with van der Waals surface area (Å²) in [7, 11) is 0. The SMILES string of the molecule is CCCCCCc1nc(C2CCC(CC(=O)O)CC2)n(Cc2ccc(-c3ccccc3-c3nn[nH]n3)cc2)n1. The molecule has 4 aromatic rings. The Hall–Kier alpha value is -3.88. The molecule has 1 saturated carbocycles. The zero-order valence-electron chi connectivity index (χ0n) is 22.6. The number of unbranched alkanes of at least 4 members (excludes halogenated alkanes) is 3. The van der Waals surface area contributed by atoms with Crippen LogP contribution in [-0.2, 0) is 17.8 Å². The lowest BCUT2D eigenvalue weighted by Crippen LogP contribution is -2.19. The molecule has 0 spiro atoms. The van der Waals surface area contributed by atoms with E-state index >= 15 is 0 Å². The first-order chi connectivity index (χ1) is 19.1. The van der Waals surface area contributed by atoms with Crippen LogP contribution in [-0.4, -0.2) is 46.5 Å². The maximum atomic E-state index is 11.2. The Morgan fingerprint density at radius 2 is 1.77 bits per heavy atom. The van der Waals surface area contributed by atoms with Crippen molar-refractivity contribution in [3.63, 3.8) is 0 Å². The van der Waals surface area contributed by atoms with Gasteiger partial charge in [0.2, 0.25) is 5.82 Å². The zero-order chi connectivity index (χ0) is 27.0. The third-order valence-electron chi connectivity index (χ3n) is 7.78. The van der Waals surface area contributed by atoms with Crippen molar-refractivity contribution in [3.8, 4) is 22.5 Å². The maximum absolute atomic E-state index is 11.2. The fourth-order valence-electron chi connectivity index (χ4n) is 5.68. The van der Waals surface area contributed by atoms with Crippen molar-refractivity contribution in [2.45, 2.75) is 83.6 Å². The molecule has 1 aliphatic carbocycles. The van der Waals surface area contributed by atoms with Crippen LogP contribution in [0.3, 0.4) is 0 Å². The number of H-pyrrole nitrogens is 1. The van der Waals surface area contributed by atoms with Crippen LogP contribution >= 0.6 is 0 Å². The van der Waals surface area contributed by atoms with Crippen LogP contribution in [0.2, 0.25) is 0 Å². The second-order valence-corrected chi connectivity index (χ2v) is 10.6. The van der Waals surface area contributed by atoms with Crippen molar-refractivity contribution in [3.05, 3.63) is 65.7 Å². The molecule has 2 aromatic carbocycles. The van der Waals surface area contributed by atoms with E-state index in [1.54, 1.807) is 0 Å². The topological polar surface area (TPSA) is 122 Å². The number of hydrogen-bond donors (Lipinski definition) is 2. The molecular formula is C30H37N7O2. The number of carboxylic acid groups (broad SMARTS) is 1. The lowest BCUT2D eigenvalue weighted by atomic mass is 9.80. The van der Waals surface area contributed by atoms with E-state index in [1.165, 1.54) is 24.8 Å². The minimum Gasteiger partial charge on any atom is -0.481 e. The largest absolute Gasteiger partial charge is 0.481 e. The smallest absolute Gasteiger partial charge is 0.303 e. The van der Waals surface area contributed by atoms with Crippen LogP contribution in [0.5, 0.6) is 0 Å². The first-order valence-corrected chi connectivity index (χ1v) is 14.2. The van der Waals surface area contributed by atoms with Crippen molar-refractivity contribution >= 4 is 5.97 Å². The van der Waals surface area contributed by atoms with Crippen LogP contribution in [0.25, 0.3) is 22.5 Å². The predicted molar refractivity (Wildman–Crippen MR) is 149 cm³/mol. The van der Waals surface area contributed by atoms with Crippen LogP contribution in [0.1, 0.15) is 87.8 Å². The minimum absolute atomic E-state index is 0.268. The molecule has 1 aliphatic rings. The summed E-state index contributed by atoms with van der Waals surface area (Å²) in [6.45, 7) is 2.89. The average Bonchev–Trinajstić information content (AvgIpc) is 3.63. The van der Waals surface area contributed by atoms with Crippen molar-refractivity contribution in [2.24, 2.45) is 5.92 Å². The molecule has 2 N–H and O–H groups in total. The van der Waals surface area contributed by atoms with Crippen LogP contribution in [0.4, 0.5) is 0 Å². The van der Waals surface area contributed by atoms with Gasteiger partial charge in [-0.3, -0.25) is 4.79 Å². The quantitative estimate of drug-likeness (QED) is 0.215. The fraction of sp³-hybridized carbons (Fsp3) is 0.467. The summed E-state index contributed by atoms with van der Waals surface area (Å²) >= 11 is 0. The Morgan fingerprint density at radius 1 is 1.00 bits per heavy atom. The van der Waals surface area contributed by atoms with E-state index in [9.17, 15) is 9.90 Å². The van der Waals surface area contributed by atoms with Gasteiger partial charge in [-0.15, -0.1) is 10.2 Å². The van der Waals surface area contributed by atoms with Gasteiger partial charge in [0, 0.05) is 24.3 Å². The van der Waals surface area contributed by atoms with E-state index in [4.69, 9.17) is 10.1 Å². The molecule has 1 fully saturated rings. The molecule has 2 heterocycles. The summed E-state index contributed by atoms with van der Waals surface area (Å²) in [6, 6.07) is 16.6. The standard InChI is InChI=1S/C30H37N7O2/c1-2-3-4-5-10-27-31-30(24-17-11-21(12-18-24)19-28(38)39)37(34-27)20-22-13-15-23(16-14-22)25-8-6-7-9-26(25)29-32-35-36-33-29/h6-9,13-16,21,24H,2-5,10-12,17-20H2,1H3,(H,38,39)(H,32,33,35,36). The number of tetrazole rings is 1. The van der Waals surface area contributed by atoms with Crippen LogP contribution in [0.15, 0.2) is 48.5 Å². The second-order valence-electron chi connectivity index (χ2n) is 10.6. The molecule has 9 nitrogen and oxygen atoms in total. The number of aromatic nitrogens is 7. The van der Waals surface area contributed by atoms with E-state index in [1.807, 2.05) is 18.2 Å². The van der Waals surface area contributed by atoms with Gasteiger partial charge in [0.05, 0.1) is 6.54 Å². The molecule has 204 valence electrons. The number of benzene rings is 2. The molecule has 0 radical (unpaired) electrons. The number of aliphatic carboxylic acids is 1. The summed E-state index contributed by atoms with van der Waals surface area (Å²) in [5.41, 5.74) is 4.24. The molecule has 9 heteroatoms. The summed E-state index contributed by atoms with van der Waals surface area (Å²) in [5, 5.41) is 28.7. The Morgan fingerprint density at radius 3 is 2.46 bits per heavy atom. The highest BCUT2D eigenvalue weighted by molar-refractivity contribution is 5.80. The van der Waals surface area contributed by atoms with E-state index in [0.717, 1.165) is 66.9 Å². The molecule has 2 aromatic heterocycles. The fourth-order valence-corrected chi connectivity index (χ4v) is 5.68. The minimum atomic E-state index is -0.695. The normalized spacial score (nSPS) is 17.4. The number of hydrogen-bond acceptors (Lipinski definition) is 6. The number of nitrogens with one attached hydrogen (secondary N) is 1. The van der Waals surface area contributed by atoms with Gasteiger partial charge in [-0.05, 0) is 59.9 Å². The van der Waals surface area contributed by atoms with E-state index in [0.29, 0.717) is 18.3 Å². The van der Waals surface area contributed by atoms with Gasteiger partial charge < -0.3 is 5.11 Å². The number of aryl methyl sites for hydroxylation is 1. The number of rotatable bonds is 12. The van der Waals surface area contributed by atoms with Gasteiger partial charge in [0.1, 0.15) is 5.82 Å². The lowest BCUT2D eigenvalue weighted by molar-refractivity contribution is -0.138. The molecule has 5 rings (SSSR count). The highest BCUT2D eigenvalue weighted by atomic mass is 16.4. The Labute approximate surface area is 229 Å². The van der Waals surface area contributed by atoms with Gasteiger partial charge in [-0.1, -0.05) is 74.7 Å². The third kappa shape index (κ3) is 6.77. The molecule has 0 saturated heterocycles. The highest BCUT2D eigenvalue weighted by Crippen LogP contribution is 2.37. The summed E-state index contributed by atoms with van der Waals surface area (Å²) in [4.78, 5) is 16.2. The summed E-state index contributed by atoms with van der Waals surface area (Å²) in [5.74, 6) is 2.46. The van der Waals surface area contributed by atoms with Crippen molar-refractivity contribution in [2.75, 3.05) is 0 Å². The first-order valence-electron chi connectivity index (χ1n) is 14.2. The Kier molecular flexibility index (Phi) is 8.75. The number of aromatic amines is 1. The van der Waals surface area contributed by atoms with Crippen molar-refractivity contribution < 1.29 is 9.90 Å². The molecule has 0 unspecified atom stereocenters. The van der Waals surface area contributed by atoms with Gasteiger partial charge in [-0.2, -0.15) is 10.3 Å². The van der Waals surface area contributed by atoms with E-state index < -0.39 is 5.97 Å². The molecule has 39 heavy (non-hydrogen) atoms. The van der Waals surface area contributed by atoms with Crippen molar-refractivity contribution in [1.82, 2.24) is 35.4 Å². The molecule has 0 aliphatic heterocycles. The van der Waals surface area contributed by atoms with Crippen molar-refractivity contribution in [1.29, 1.82) is 0 Å². The highest BCUT2D eigenvalue weighted by Gasteiger charge is 2.28. The summed E-state index contributed by atoms with van der Waals surface area (Å²) < 4.78 is 2.10. The van der Waals surface area contributed by atoms with Crippen LogP contribution in [0, 0.1) is 5.92 Å². The maximum Gasteiger partial charge on any atom is 0.303 e. The monoisotopic (exact) mass is 527 g/mol. The Balaban J connectivity index is 1.33. The van der Waals surface area contributed by atoms with Gasteiger partial charge in [0.25, 0.3) is 0 Å². The lowest BCUT2D eigenvalue weighted by Gasteiger charge is -2.27. The van der Waals surface area contributed by atoms with Gasteiger partial charge >= 0.3 is 5.97 Å². The third-order valence-corrected chi connectivity index (χ3v) is 7.78. The van der Waals surface area contributed by atoms with E-state index in [2.05, 4.69) is 62.6 Å². The van der Waals surface area contributed by atoms with Gasteiger partial charge in [0.15, 0.2) is 5.82 Å². The number of carbonyl (C=O) groups is 1. The number of nitrogens with zero attached hydrogens (tertiary/aromatic N) is 6. The number of carboxylic acids is 1. The van der Waals surface area contributed by atoms with Gasteiger partial charge in [-0.25, -0.2) is 9.67 Å². The molecule has 0 atom stereocenters. The first kappa shape index (κ1) is 26.7. The Bertz CT molecular complexity index is 1340. The predicted octanol–water partition coefficient (Wildman–Crippen LogP) is 6.04. The summed E-state index contributed by atoms with van der Waals surface area (Å²) in [6.07, 6.45) is 9.74.